The van der Waals surface area contributed by atoms with Crippen molar-refractivity contribution in [3.8, 4) is 0 Å². The Morgan fingerprint density at radius 1 is 1.00 bits per heavy atom. The van der Waals surface area contributed by atoms with Crippen molar-refractivity contribution in [2.45, 2.75) is 5.60 Å². The Hall–Kier alpha value is -2.41. The quantitative estimate of drug-likeness (QED) is 0.503. The van der Waals surface area contributed by atoms with Gasteiger partial charge in [-0.2, -0.15) is 0 Å². The summed E-state index contributed by atoms with van der Waals surface area (Å²) in [5.41, 5.74) is -0.651. The molecule has 1 aromatic carbocycles. The van der Waals surface area contributed by atoms with E-state index in [1.54, 1.807) is 47.2 Å². The lowest BCUT2D eigenvalue weighted by molar-refractivity contribution is -0.160. The summed E-state index contributed by atoms with van der Waals surface area (Å²) in [5, 5.41) is 24.2. The topological polar surface area (TPSA) is 66.8 Å². The number of esters is 1. The molecule has 128 valence electrons. The van der Waals surface area contributed by atoms with Crippen LogP contribution in [-0.4, -0.2) is 22.8 Å². The molecule has 0 saturated carbocycles. The lowest BCUT2D eigenvalue weighted by atomic mass is 10.00. The van der Waals surface area contributed by atoms with E-state index in [2.05, 4.69) is 0 Å². The van der Waals surface area contributed by atoms with Crippen LogP contribution in [0.25, 0.3) is 5.57 Å². The van der Waals surface area contributed by atoms with Gasteiger partial charge in [0.25, 0.3) is 0 Å². The van der Waals surface area contributed by atoms with Gasteiger partial charge in [-0.15, -0.1) is 22.7 Å². The molecule has 0 aliphatic heterocycles. The Labute approximate surface area is 153 Å². The van der Waals surface area contributed by atoms with Crippen LogP contribution in [0.5, 0.6) is 0 Å². The van der Waals surface area contributed by atoms with Crippen LogP contribution in [-0.2, 0) is 15.1 Å². The molecule has 6 heteroatoms. The van der Waals surface area contributed by atoms with Crippen LogP contribution in [0.3, 0.4) is 0 Å². The first kappa shape index (κ1) is 17.4. The number of rotatable bonds is 6. The minimum atomic E-state index is -1.85. The Morgan fingerprint density at radius 3 is 2.08 bits per heavy atom. The Bertz CT molecular complexity index is 803. The van der Waals surface area contributed by atoms with Gasteiger partial charge in [0, 0.05) is 5.57 Å². The van der Waals surface area contributed by atoms with Gasteiger partial charge in [-0.1, -0.05) is 42.5 Å². The van der Waals surface area contributed by atoms with Crippen LogP contribution in [0.2, 0.25) is 0 Å². The zero-order valence-corrected chi connectivity index (χ0v) is 14.8. The second kappa shape index (κ2) is 7.65. The van der Waals surface area contributed by atoms with Crippen LogP contribution in [0.4, 0.5) is 0 Å². The second-order valence-corrected chi connectivity index (χ2v) is 7.16. The first-order chi connectivity index (χ1) is 12.2. The van der Waals surface area contributed by atoms with Crippen molar-refractivity contribution >= 4 is 34.2 Å². The molecular formula is C19H16O4S2. The maximum Gasteiger partial charge on any atom is 0.349 e. The van der Waals surface area contributed by atoms with Gasteiger partial charge in [0.15, 0.2) is 0 Å². The first-order valence-corrected chi connectivity index (χ1v) is 9.28. The van der Waals surface area contributed by atoms with Crippen molar-refractivity contribution in [2.75, 3.05) is 6.61 Å². The third kappa shape index (κ3) is 3.51. The predicted molar refractivity (Wildman–Crippen MR) is 99.6 cm³/mol. The molecule has 0 saturated heterocycles. The Kier molecular flexibility index (Phi) is 5.33. The third-order valence-electron chi connectivity index (χ3n) is 3.71. The number of thiophene rings is 2. The fourth-order valence-corrected chi connectivity index (χ4v) is 4.10. The summed E-state index contributed by atoms with van der Waals surface area (Å²) in [5.74, 6) is -0.771. The number of carbonyl (C=O) groups excluding carboxylic acids is 1. The second-order valence-electron chi connectivity index (χ2n) is 5.26. The third-order valence-corrected chi connectivity index (χ3v) is 5.67. The van der Waals surface area contributed by atoms with Crippen LogP contribution in [0.1, 0.15) is 15.3 Å². The van der Waals surface area contributed by atoms with Gasteiger partial charge in [0.2, 0.25) is 5.60 Å². The standard InChI is InChI=1S/C19H16O4S2/c20-12-15(14-6-2-1-3-7-14)13-23-18(21)19(22,16-8-4-10-24-16)17-9-5-11-25-17/h1-12,20,22H,13H2. The van der Waals surface area contributed by atoms with Crippen molar-refractivity contribution in [1.82, 2.24) is 0 Å². The van der Waals surface area contributed by atoms with E-state index >= 15 is 0 Å². The molecule has 0 unspecified atom stereocenters. The normalized spacial score (nSPS) is 12.1. The molecule has 2 aromatic heterocycles. The minimum absolute atomic E-state index is 0.140. The fourth-order valence-electron chi connectivity index (χ4n) is 2.39. The highest BCUT2D eigenvalue weighted by Crippen LogP contribution is 2.36. The number of benzene rings is 1. The predicted octanol–water partition coefficient (Wildman–Crippen LogP) is 4.19. The van der Waals surface area contributed by atoms with Crippen LogP contribution in [0, 0.1) is 0 Å². The van der Waals surface area contributed by atoms with Crippen LogP contribution >= 0.6 is 22.7 Å². The maximum atomic E-state index is 12.7. The van der Waals surface area contributed by atoms with E-state index < -0.39 is 11.6 Å². The smallest absolute Gasteiger partial charge is 0.349 e. The summed E-state index contributed by atoms with van der Waals surface area (Å²) in [6, 6.07) is 16.1. The number of aliphatic hydroxyl groups is 2. The van der Waals surface area contributed by atoms with E-state index in [0.717, 1.165) is 11.8 Å². The molecule has 0 spiro atoms. The summed E-state index contributed by atoms with van der Waals surface area (Å²) in [6.45, 7) is -0.140. The average Bonchev–Trinajstić information content (AvgIpc) is 3.36. The van der Waals surface area contributed by atoms with Gasteiger partial charge in [-0.3, -0.25) is 0 Å². The van der Waals surface area contributed by atoms with E-state index in [1.807, 2.05) is 18.2 Å². The molecule has 0 radical (unpaired) electrons. The number of aliphatic hydroxyl groups excluding tert-OH is 1. The highest BCUT2D eigenvalue weighted by molar-refractivity contribution is 7.12. The van der Waals surface area contributed by atoms with Gasteiger partial charge < -0.3 is 14.9 Å². The highest BCUT2D eigenvalue weighted by atomic mass is 32.1. The summed E-state index contributed by atoms with van der Waals surface area (Å²) < 4.78 is 5.36. The summed E-state index contributed by atoms with van der Waals surface area (Å²) in [6.07, 6.45) is 0.915. The van der Waals surface area contributed by atoms with E-state index in [4.69, 9.17) is 4.74 Å². The van der Waals surface area contributed by atoms with Gasteiger partial charge in [-0.25, -0.2) is 4.79 Å². The lowest BCUT2D eigenvalue weighted by Gasteiger charge is -2.24. The van der Waals surface area contributed by atoms with Crippen molar-refractivity contribution in [1.29, 1.82) is 0 Å². The minimum Gasteiger partial charge on any atom is -0.515 e. The zero-order chi connectivity index (χ0) is 17.7. The molecule has 4 nitrogen and oxygen atoms in total. The molecule has 0 bridgehead atoms. The van der Waals surface area contributed by atoms with E-state index in [1.165, 1.54) is 22.7 Å². The molecule has 0 fully saturated rings. The van der Waals surface area contributed by atoms with Crippen LogP contribution < -0.4 is 0 Å². The maximum absolute atomic E-state index is 12.7. The van der Waals surface area contributed by atoms with Crippen LogP contribution in [0.15, 0.2) is 71.6 Å². The highest BCUT2D eigenvalue weighted by Gasteiger charge is 2.43. The van der Waals surface area contributed by atoms with E-state index in [-0.39, 0.29) is 6.61 Å². The zero-order valence-electron chi connectivity index (χ0n) is 13.2. The monoisotopic (exact) mass is 372 g/mol. The lowest BCUT2D eigenvalue weighted by Crippen LogP contribution is -2.37. The summed E-state index contributed by atoms with van der Waals surface area (Å²) >= 11 is 2.57. The summed E-state index contributed by atoms with van der Waals surface area (Å²) in [7, 11) is 0. The Balaban J connectivity index is 1.83. The largest absolute Gasteiger partial charge is 0.515 e. The molecule has 0 atom stereocenters. The van der Waals surface area contributed by atoms with Crippen molar-refractivity contribution in [2.24, 2.45) is 0 Å². The first-order valence-electron chi connectivity index (χ1n) is 7.52. The van der Waals surface area contributed by atoms with Gasteiger partial charge in [0.1, 0.15) is 6.61 Å². The number of ether oxygens (including phenoxy) is 1. The number of hydrogen-bond acceptors (Lipinski definition) is 6. The fraction of sp³-hybridized carbons (Fsp3) is 0.105. The summed E-state index contributed by atoms with van der Waals surface area (Å²) in [4.78, 5) is 13.7. The molecule has 3 rings (SSSR count). The SMILES string of the molecule is O=C(OCC(=CO)c1ccccc1)C(O)(c1cccs1)c1cccs1. The number of carbonyl (C=O) groups is 1. The van der Waals surface area contributed by atoms with Crippen molar-refractivity contribution < 1.29 is 19.7 Å². The van der Waals surface area contributed by atoms with Gasteiger partial charge in [-0.05, 0) is 28.5 Å². The van der Waals surface area contributed by atoms with Gasteiger partial charge in [0.05, 0.1) is 16.0 Å². The molecular weight excluding hydrogens is 356 g/mol. The molecule has 0 aliphatic rings. The molecule has 0 amide bonds. The van der Waals surface area contributed by atoms with E-state index in [9.17, 15) is 15.0 Å². The Morgan fingerprint density at radius 2 is 1.60 bits per heavy atom. The molecule has 0 aliphatic carbocycles. The van der Waals surface area contributed by atoms with E-state index in [0.29, 0.717) is 15.3 Å². The molecule has 2 N–H and O–H groups in total. The van der Waals surface area contributed by atoms with Gasteiger partial charge >= 0.3 is 5.97 Å². The van der Waals surface area contributed by atoms with Crippen molar-refractivity contribution in [3.63, 3.8) is 0 Å². The number of hydrogen-bond donors (Lipinski definition) is 2. The van der Waals surface area contributed by atoms with Crippen molar-refractivity contribution in [3.05, 3.63) is 86.9 Å². The average molecular weight is 372 g/mol. The molecule has 25 heavy (non-hydrogen) atoms. The molecule has 2 heterocycles. The molecule has 3 aromatic rings.